The number of aryl methyl sites for hydroxylation is 1. The molecule has 1 aliphatic rings. The molecule has 152 valence electrons. The van der Waals surface area contributed by atoms with Gasteiger partial charge in [-0.15, -0.1) is 0 Å². The summed E-state index contributed by atoms with van der Waals surface area (Å²) in [7, 11) is 0. The van der Waals surface area contributed by atoms with Crippen molar-refractivity contribution in [3.63, 3.8) is 0 Å². The number of carbonyl (C=O) groups is 2. The number of nitrogens with one attached hydrogen (secondary N) is 2. The Morgan fingerprint density at radius 1 is 1.17 bits per heavy atom. The standard InChI is InChI=1S/C21H25N5O3/c1-15(27)25-21(12-4-2-3-5-13-21)20-24-19(29-26-20)11-10-18(28)23-17-8-6-16(14-22)7-9-17/h6-9H,2-5,10-13H2,1H3,(H,23,28)(H,25,27). The van der Waals surface area contributed by atoms with Gasteiger partial charge in [0.05, 0.1) is 11.6 Å². The highest BCUT2D eigenvalue weighted by molar-refractivity contribution is 5.90. The van der Waals surface area contributed by atoms with Gasteiger partial charge in [0.25, 0.3) is 0 Å². The molecule has 3 rings (SSSR count). The van der Waals surface area contributed by atoms with Crippen molar-refractivity contribution in [2.45, 2.75) is 63.8 Å². The molecule has 0 bridgehead atoms. The summed E-state index contributed by atoms with van der Waals surface area (Å²) in [5, 5.41) is 18.8. The summed E-state index contributed by atoms with van der Waals surface area (Å²) >= 11 is 0. The molecule has 0 atom stereocenters. The van der Waals surface area contributed by atoms with Gasteiger partial charge in [0, 0.05) is 25.5 Å². The molecule has 2 aromatic rings. The number of hydrogen-bond acceptors (Lipinski definition) is 6. The zero-order chi connectivity index (χ0) is 20.7. The third-order valence-electron chi connectivity index (χ3n) is 5.13. The fourth-order valence-corrected chi connectivity index (χ4v) is 3.70. The van der Waals surface area contributed by atoms with Gasteiger partial charge in [-0.3, -0.25) is 9.59 Å². The van der Waals surface area contributed by atoms with Crippen molar-refractivity contribution in [2.75, 3.05) is 5.32 Å². The second-order valence-electron chi connectivity index (χ2n) is 7.43. The van der Waals surface area contributed by atoms with Crippen LogP contribution in [0.25, 0.3) is 0 Å². The smallest absolute Gasteiger partial charge is 0.227 e. The maximum absolute atomic E-state index is 12.2. The van der Waals surface area contributed by atoms with Crippen LogP contribution in [0.15, 0.2) is 28.8 Å². The second kappa shape index (κ2) is 9.32. The van der Waals surface area contributed by atoms with Crippen LogP contribution < -0.4 is 10.6 Å². The van der Waals surface area contributed by atoms with Crippen LogP contribution in [-0.2, 0) is 21.5 Å². The van der Waals surface area contributed by atoms with Crippen LogP contribution >= 0.6 is 0 Å². The normalized spacial score (nSPS) is 15.7. The number of benzene rings is 1. The lowest BCUT2D eigenvalue weighted by molar-refractivity contribution is -0.121. The summed E-state index contributed by atoms with van der Waals surface area (Å²) in [6.45, 7) is 1.50. The van der Waals surface area contributed by atoms with Gasteiger partial charge in [-0.1, -0.05) is 30.8 Å². The molecule has 0 unspecified atom stereocenters. The van der Waals surface area contributed by atoms with Crippen LogP contribution in [0.3, 0.4) is 0 Å². The molecular formula is C21H25N5O3. The number of nitriles is 1. The third kappa shape index (κ3) is 5.41. The van der Waals surface area contributed by atoms with Crippen molar-refractivity contribution in [1.29, 1.82) is 5.26 Å². The summed E-state index contributed by atoms with van der Waals surface area (Å²) in [5.74, 6) is 0.585. The van der Waals surface area contributed by atoms with E-state index in [1.807, 2.05) is 6.07 Å². The van der Waals surface area contributed by atoms with Crippen molar-refractivity contribution >= 4 is 17.5 Å². The maximum Gasteiger partial charge on any atom is 0.227 e. The SMILES string of the molecule is CC(=O)NC1(c2noc(CCC(=O)Nc3ccc(C#N)cc3)n2)CCCCCC1. The minimum absolute atomic E-state index is 0.111. The van der Waals surface area contributed by atoms with E-state index in [9.17, 15) is 9.59 Å². The Balaban J connectivity index is 1.61. The molecule has 1 aromatic carbocycles. The summed E-state index contributed by atoms with van der Waals surface area (Å²) < 4.78 is 5.37. The monoisotopic (exact) mass is 395 g/mol. The Morgan fingerprint density at radius 3 is 2.48 bits per heavy atom. The van der Waals surface area contributed by atoms with Crippen LogP contribution in [0.4, 0.5) is 5.69 Å². The minimum atomic E-state index is -0.588. The van der Waals surface area contributed by atoms with Gasteiger partial charge in [0.1, 0.15) is 5.54 Å². The lowest BCUT2D eigenvalue weighted by Gasteiger charge is -2.30. The lowest BCUT2D eigenvalue weighted by Crippen LogP contribution is -2.45. The van der Waals surface area contributed by atoms with E-state index in [0.717, 1.165) is 38.5 Å². The maximum atomic E-state index is 12.2. The highest BCUT2D eigenvalue weighted by Gasteiger charge is 2.38. The van der Waals surface area contributed by atoms with Crippen LogP contribution in [0, 0.1) is 11.3 Å². The number of nitrogens with zero attached hydrogens (tertiary/aromatic N) is 3. The molecule has 2 N–H and O–H groups in total. The van der Waals surface area contributed by atoms with Crippen molar-refractivity contribution in [1.82, 2.24) is 15.5 Å². The fraction of sp³-hybridized carbons (Fsp3) is 0.476. The molecule has 1 heterocycles. The average molecular weight is 395 g/mol. The van der Waals surface area contributed by atoms with E-state index in [1.54, 1.807) is 24.3 Å². The summed E-state index contributed by atoms with van der Waals surface area (Å²) in [4.78, 5) is 28.4. The van der Waals surface area contributed by atoms with E-state index in [2.05, 4.69) is 20.8 Å². The van der Waals surface area contributed by atoms with Gasteiger partial charge < -0.3 is 15.2 Å². The van der Waals surface area contributed by atoms with Crippen molar-refractivity contribution in [3.05, 3.63) is 41.5 Å². The first-order valence-corrected chi connectivity index (χ1v) is 9.92. The molecule has 0 radical (unpaired) electrons. The number of aromatic nitrogens is 2. The van der Waals surface area contributed by atoms with Gasteiger partial charge in [0.2, 0.25) is 17.7 Å². The summed E-state index contributed by atoms with van der Waals surface area (Å²) in [5.41, 5.74) is 0.575. The van der Waals surface area contributed by atoms with Gasteiger partial charge >= 0.3 is 0 Å². The van der Waals surface area contributed by atoms with Crippen molar-refractivity contribution in [3.8, 4) is 6.07 Å². The largest absolute Gasteiger partial charge is 0.343 e. The average Bonchev–Trinajstić information content (AvgIpc) is 3.07. The third-order valence-corrected chi connectivity index (χ3v) is 5.13. The minimum Gasteiger partial charge on any atom is -0.343 e. The van der Waals surface area contributed by atoms with Crippen molar-refractivity contribution in [2.24, 2.45) is 0 Å². The topological polar surface area (TPSA) is 121 Å². The highest BCUT2D eigenvalue weighted by atomic mass is 16.5. The molecule has 1 aromatic heterocycles. The number of anilines is 1. The Bertz CT molecular complexity index is 890. The molecule has 0 aliphatic heterocycles. The van der Waals surface area contributed by atoms with E-state index >= 15 is 0 Å². The lowest BCUT2D eigenvalue weighted by atomic mass is 9.89. The number of hydrogen-bond donors (Lipinski definition) is 2. The number of amides is 2. The van der Waals surface area contributed by atoms with Crippen LogP contribution in [-0.4, -0.2) is 22.0 Å². The molecule has 1 saturated carbocycles. The molecule has 8 nitrogen and oxygen atoms in total. The van der Waals surface area contributed by atoms with E-state index in [4.69, 9.17) is 9.78 Å². The summed E-state index contributed by atoms with van der Waals surface area (Å²) in [6.07, 6.45) is 6.31. The Kier molecular flexibility index (Phi) is 6.60. The Morgan fingerprint density at radius 2 is 1.86 bits per heavy atom. The number of rotatable bonds is 6. The van der Waals surface area contributed by atoms with Crippen molar-refractivity contribution < 1.29 is 14.1 Å². The van der Waals surface area contributed by atoms with Crippen LogP contribution in [0.1, 0.15) is 69.1 Å². The van der Waals surface area contributed by atoms with E-state index < -0.39 is 5.54 Å². The second-order valence-corrected chi connectivity index (χ2v) is 7.43. The Labute approximate surface area is 169 Å². The van der Waals surface area contributed by atoms with Gasteiger partial charge in [-0.05, 0) is 37.1 Å². The first-order valence-electron chi connectivity index (χ1n) is 9.92. The molecule has 1 fully saturated rings. The fourth-order valence-electron chi connectivity index (χ4n) is 3.70. The highest BCUT2D eigenvalue weighted by Crippen LogP contribution is 2.34. The van der Waals surface area contributed by atoms with Gasteiger partial charge in [-0.25, -0.2) is 0 Å². The first kappa shape index (κ1) is 20.5. The van der Waals surface area contributed by atoms with E-state index in [0.29, 0.717) is 29.4 Å². The van der Waals surface area contributed by atoms with Crippen LogP contribution in [0.2, 0.25) is 0 Å². The molecule has 8 heteroatoms. The van der Waals surface area contributed by atoms with E-state index in [1.165, 1.54) is 6.92 Å². The van der Waals surface area contributed by atoms with Gasteiger partial charge in [-0.2, -0.15) is 10.2 Å². The van der Waals surface area contributed by atoms with Crippen LogP contribution in [0.5, 0.6) is 0 Å². The number of carbonyl (C=O) groups excluding carboxylic acids is 2. The summed E-state index contributed by atoms with van der Waals surface area (Å²) in [6, 6.07) is 8.70. The van der Waals surface area contributed by atoms with E-state index in [-0.39, 0.29) is 18.2 Å². The molecule has 0 spiro atoms. The zero-order valence-electron chi connectivity index (χ0n) is 16.5. The first-order chi connectivity index (χ1) is 14.0. The quantitative estimate of drug-likeness (QED) is 0.725. The molecular weight excluding hydrogens is 370 g/mol. The predicted octanol–water partition coefficient (Wildman–Crippen LogP) is 3.20. The predicted molar refractivity (Wildman–Crippen MR) is 106 cm³/mol. The zero-order valence-corrected chi connectivity index (χ0v) is 16.5. The molecule has 29 heavy (non-hydrogen) atoms. The molecule has 1 aliphatic carbocycles. The Hall–Kier alpha value is -3.21. The van der Waals surface area contributed by atoms with Gasteiger partial charge in [0.15, 0.2) is 5.82 Å². The molecule has 0 saturated heterocycles. The molecule has 2 amide bonds.